The second-order valence-corrected chi connectivity index (χ2v) is 14.2. The Morgan fingerprint density at radius 2 is 1.87 bits per heavy atom. The summed E-state index contributed by atoms with van der Waals surface area (Å²) >= 11 is 0. The maximum absolute atomic E-state index is 13.4. The number of carbonyl (C=O) groups excluding carboxylic acids is 2. The predicted octanol–water partition coefficient (Wildman–Crippen LogP) is 2.91. The molecule has 0 aromatic carbocycles. The van der Waals surface area contributed by atoms with Gasteiger partial charge in [0.05, 0.1) is 17.6 Å². The van der Waals surface area contributed by atoms with Crippen LogP contribution < -0.4 is 0 Å². The molecule has 3 N–H and O–H groups in total. The van der Waals surface area contributed by atoms with Crippen molar-refractivity contribution in [3.05, 3.63) is 12.2 Å². The molecule has 8 nitrogen and oxygen atoms in total. The number of hydrogen-bond donors (Lipinski definition) is 3. The van der Waals surface area contributed by atoms with Gasteiger partial charge in [0.1, 0.15) is 22.9 Å². The lowest BCUT2D eigenvalue weighted by Gasteiger charge is -2.63. The molecule has 212 valence electrons. The van der Waals surface area contributed by atoms with Crippen LogP contribution in [0.15, 0.2) is 12.2 Å². The topological polar surface area (TPSA) is 126 Å². The highest BCUT2D eigenvalue weighted by Crippen LogP contribution is 2.69. The second-order valence-electron chi connectivity index (χ2n) is 14.2. The van der Waals surface area contributed by atoms with E-state index in [1.165, 1.54) is 6.92 Å². The number of aliphatic hydroxyl groups is 3. The summed E-state index contributed by atoms with van der Waals surface area (Å²) in [5, 5.41) is 33.7. The molecule has 0 amide bonds. The van der Waals surface area contributed by atoms with Crippen LogP contribution >= 0.6 is 0 Å². The molecular formula is C30H44O8. The molecule has 0 bridgehead atoms. The smallest absolute Gasteiger partial charge is 0.302 e. The van der Waals surface area contributed by atoms with Crippen LogP contribution in [0.5, 0.6) is 0 Å². The Bertz CT molecular complexity index is 1070. The highest BCUT2D eigenvalue weighted by atomic mass is 16.7. The Balaban J connectivity index is 1.34. The number of carbonyl (C=O) groups is 2. The third-order valence-electron chi connectivity index (χ3n) is 12.7. The summed E-state index contributed by atoms with van der Waals surface area (Å²) in [4.78, 5) is 25.6. The number of rotatable bonds is 3. The Morgan fingerprint density at radius 1 is 1.16 bits per heavy atom. The van der Waals surface area contributed by atoms with Gasteiger partial charge in [-0.15, -0.1) is 0 Å². The van der Waals surface area contributed by atoms with Crippen molar-refractivity contribution >= 4 is 11.8 Å². The molecule has 14 atom stereocenters. The number of esters is 1. The van der Waals surface area contributed by atoms with Crippen molar-refractivity contribution in [2.45, 2.75) is 121 Å². The number of epoxide rings is 1. The molecule has 2 heterocycles. The molecule has 38 heavy (non-hydrogen) atoms. The summed E-state index contributed by atoms with van der Waals surface area (Å²) in [5.74, 6) is -0.401. The van der Waals surface area contributed by atoms with Gasteiger partial charge in [-0.25, -0.2) is 0 Å². The molecular weight excluding hydrogens is 488 g/mol. The quantitative estimate of drug-likeness (QED) is 0.374. The van der Waals surface area contributed by atoms with Gasteiger partial charge in [-0.3, -0.25) is 9.59 Å². The summed E-state index contributed by atoms with van der Waals surface area (Å²) in [7, 11) is 0. The van der Waals surface area contributed by atoms with Crippen LogP contribution in [0.25, 0.3) is 0 Å². The second kappa shape index (κ2) is 8.12. The Morgan fingerprint density at radius 3 is 2.53 bits per heavy atom. The lowest BCUT2D eigenvalue weighted by Crippen LogP contribution is -2.69. The van der Waals surface area contributed by atoms with E-state index in [2.05, 4.69) is 13.8 Å². The zero-order valence-corrected chi connectivity index (χ0v) is 23.5. The monoisotopic (exact) mass is 532 g/mol. The molecule has 0 radical (unpaired) electrons. The van der Waals surface area contributed by atoms with Crippen LogP contribution in [0.3, 0.4) is 0 Å². The zero-order chi connectivity index (χ0) is 27.6. The number of aliphatic hydroxyl groups excluding tert-OH is 2. The van der Waals surface area contributed by atoms with Crippen LogP contribution in [0.1, 0.15) is 80.1 Å². The van der Waals surface area contributed by atoms with Crippen LogP contribution in [0.4, 0.5) is 0 Å². The van der Waals surface area contributed by atoms with Gasteiger partial charge >= 0.3 is 5.97 Å². The van der Waals surface area contributed by atoms with Gasteiger partial charge in [0, 0.05) is 19.3 Å². The third-order valence-corrected chi connectivity index (χ3v) is 12.7. The summed E-state index contributed by atoms with van der Waals surface area (Å²) in [6.07, 6.45) is 4.26. The number of ketones is 1. The van der Waals surface area contributed by atoms with Crippen molar-refractivity contribution in [3.8, 4) is 0 Å². The molecule has 6 rings (SSSR count). The predicted molar refractivity (Wildman–Crippen MR) is 136 cm³/mol. The van der Waals surface area contributed by atoms with Crippen molar-refractivity contribution < 1.29 is 39.1 Å². The van der Waals surface area contributed by atoms with Crippen molar-refractivity contribution in [2.75, 3.05) is 0 Å². The Kier molecular flexibility index (Phi) is 5.75. The van der Waals surface area contributed by atoms with E-state index >= 15 is 0 Å². The molecule has 2 saturated heterocycles. The highest BCUT2D eigenvalue weighted by Gasteiger charge is 2.74. The lowest BCUT2D eigenvalue weighted by atomic mass is 9.43. The summed E-state index contributed by atoms with van der Waals surface area (Å²) in [6, 6.07) is 0. The highest BCUT2D eigenvalue weighted by molar-refractivity contribution is 5.97. The van der Waals surface area contributed by atoms with Gasteiger partial charge in [-0.1, -0.05) is 19.9 Å². The van der Waals surface area contributed by atoms with E-state index in [1.807, 2.05) is 20.8 Å². The molecule has 3 saturated carbocycles. The molecule has 0 aromatic rings. The minimum absolute atomic E-state index is 0.0187. The number of allylic oxidation sites excluding steroid dienone is 1. The summed E-state index contributed by atoms with van der Waals surface area (Å²) < 4.78 is 18.1. The van der Waals surface area contributed by atoms with E-state index in [-0.39, 0.29) is 65.4 Å². The fourth-order valence-corrected chi connectivity index (χ4v) is 10.3. The first-order chi connectivity index (χ1) is 17.6. The average molecular weight is 533 g/mol. The van der Waals surface area contributed by atoms with Crippen LogP contribution in [-0.4, -0.2) is 68.5 Å². The first kappa shape index (κ1) is 26.9. The van der Waals surface area contributed by atoms with E-state index in [1.54, 1.807) is 12.2 Å². The van der Waals surface area contributed by atoms with Crippen molar-refractivity contribution in [1.82, 2.24) is 0 Å². The molecule has 0 unspecified atom stereocenters. The Hall–Kier alpha value is -1.32. The van der Waals surface area contributed by atoms with Crippen molar-refractivity contribution in [2.24, 2.45) is 40.4 Å². The van der Waals surface area contributed by atoms with Gasteiger partial charge in [0.25, 0.3) is 0 Å². The van der Waals surface area contributed by atoms with Crippen LogP contribution in [-0.2, 0) is 23.8 Å². The van der Waals surface area contributed by atoms with Gasteiger partial charge in [0.15, 0.2) is 12.1 Å². The average Bonchev–Trinajstić information content (AvgIpc) is 3.28. The van der Waals surface area contributed by atoms with Gasteiger partial charge in [-0.05, 0) is 88.0 Å². The van der Waals surface area contributed by atoms with Crippen molar-refractivity contribution in [3.63, 3.8) is 0 Å². The Labute approximate surface area is 225 Å². The molecule has 6 aliphatic rings. The first-order valence-corrected chi connectivity index (χ1v) is 14.4. The van der Waals surface area contributed by atoms with E-state index in [9.17, 15) is 24.9 Å². The third kappa shape index (κ3) is 3.21. The maximum atomic E-state index is 13.4. The zero-order valence-electron chi connectivity index (χ0n) is 23.5. The minimum atomic E-state index is -1.47. The molecule has 0 aromatic heterocycles. The van der Waals surface area contributed by atoms with E-state index in [0.717, 1.165) is 12.8 Å². The fraction of sp³-hybridized carbons (Fsp3) is 0.867. The molecule has 8 heteroatoms. The number of hydrogen-bond acceptors (Lipinski definition) is 8. The first-order valence-electron chi connectivity index (χ1n) is 14.4. The standard InChI is InChI=1S/C30H44O8/c1-15(21-14-27(4)29(6,38-27)25(34)37-21)24-20(36-16(2)31)13-19-17-12-23(33)30(35)10-7-8-22(32)28(30,5)18(17)9-11-26(19,24)3/h7-8,15,17-21,23-25,33-35H,9-14H2,1-6H3/t15-,17-,18+,19+,20-,21-,23-,24+,25-,26+,27+,28+,29-,30+/m1/s1. The van der Waals surface area contributed by atoms with E-state index in [4.69, 9.17) is 14.2 Å². The number of fused-ring (bicyclic) bond motifs is 6. The largest absolute Gasteiger partial charge is 0.462 e. The number of ether oxygens (including phenoxy) is 3. The van der Waals surface area contributed by atoms with Crippen molar-refractivity contribution in [1.29, 1.82) is 0 Å². The fourth-order valence-electron chi connectivity index (χ4n) is 10.3. The van der Waals surface area contributed by atoms with E-state index < -0.39 is 34.6 Å². The maximum Gasteiger partial charge on any atom is 0.302 e. The molecule has 5 fully saturated rings. The molecule has 0 spiro atoms. The summed E-state index contributed by atoms with van der Waals surface area (Å²) in [5.41, 5.74) is -3.87. The van der Waals surface area contributed by atoms with Gasteiger partial charge < -0.3 is 29.5 Å². The molecule has 2 aliphatic heterocycles. The van der Waals surface area contributed by atoms with Gasteiger partial charge in [0.2, 0.25) is 0 Å². The lowest BCUT2D eigenvalue weighted by molar-refractivity contribution is -0.234. The van der Waals surface area contributed by atoms with Gasteiger partial charge in [-0.2, -0.15) is 0 Å². The normalized spacial score (nSPS) is 57.8. The van der Waals surface area contributed by atoms with Crippen LogP contribution in [0.2, 0.25) is 0 Å². The summed E-state index contributed by atoms with van der Waals surface area (Å²) in [6.45, 7) is 11.6. The minimum Gasteiger partial charge on any atom is -0.462 e. The SMILES string of the molecule is CC(=O)O[C@@H]1C[C@H]2[C@@H]3C[C@@H](O)[C@@]4(O)CC=CC(=O)[C@]4(C)[C@H]3CC[C@]2(C)[C@H]1[C@H](C)[C@H]1C[C@]2(C)O[C@]2(C)[C@H](O)O1. The van der Waals surface area contributed by atoms with Crippen LogP contribution in [0, 0.1) is 40.4 Å². The molecule has 4 aliphatic carbocycles. The van der Waals surface area contributed by atoms with E-state index in [0.29, 0.717) is 19.3 Å².